The third-order valence-corrected chi connectivity index (χ3v) is 4.57. The van der Waals surface area contributed by atoms with Crippen LogP contribution in [0.5, 0.6) is 0 Å². The predicted molar refractivity (Wildman–Crippen MR) is 94.9 cm³/mol. The van der Waals surface area contributed by atoms with E-state index in [1.54, 1.807) is 6.20 Å². The Morgan fingerprint density at radius 1 is 1.17 bits per heavy atom. The zero-order chi connectivity index (χ0) is 16.9. The number of likely N-dealkylation sites (N-methyl/N-ethyl adjacent to an activating group) is 1. The summed E-state index contributed by atoms with van der Waals surface area (Å²) in [5.74, 6) is 0.824. The Bertz CT molecular complexity index is 976. The van der Waals surface area contributed by atoms with Gasteiger partial charge in [0.05, 0.1) is 28.7 Å². The molecule has 0 saturated carbocycles. The van der Waals surface area contributed by atoms with Crippen LogP contribution in [0.3, 0.4) is 0 Å². The van der Waals surface area contributed by atoms with Crippen LogP contribution in [0.25, 0.3) is 22.2 Å². The van der Waals surface area contributed by atoms with Gasteiger partial charge in [0.25, 0.3) is 5.56 Å². The summed E-state index contributed by atoms with van der Waals surface area (Å²) in [4.78, 5) is 24.4. The van der Waals surface area contributed by atoms with Gasteiger partial charge in [0, 0.05) is 18.3 Å². The van der Waals surface area contributed by atoms with E-state index in [9.17, 15) is 4.79 Å². The minimum Gasteiger partial charge on any atom is -0.297 e. The van der Waals surface area contributed by atoms with Crippen LogP contribution in [-0.2, 0) is 12.1 Å². The van der Waals surface area contributed by atoms with Crippen molar-refractivity contribution < 1.29 is 0 Å². The van der Waals surface area contributed by atoms with Crippen molar-refractivity contribution in [2.45, 2.75) is 25.9 Å². The topological polar surface area (TPSA) is 51.0 Å². The number of benzene rings is 1. The summed E-state index contributed by atoms with van der Waals surface area (Å²) < 4.78 is 1.86. The molecule has 2 aromatic heterocycles. The van der Waals surface area contributed by atoms with E-state index in [4.69, 9.17) is 4.98 Å². The summed E-state index contributed by atoms with van der Waals surface area (Å²) in [5.41, 5.74) is 2.38. The van der Waals surface area contributed by atoms with Gasteiger partial charge in [-0.2, -0.15) is 0 Å². The third-order valence-electron chi connectivity index (χ3n) is 4.57. The highest BCUT2D eigenvalue weighted by molar-refractivity contribution is 5.83. The molecule has 0 spiro atoms. The Morgan fingerprint density at radius 3 is 2.75 bits per heavy atom. The lowest BCUT2D eigenvalue weighted by Gasteiger charge is -2.39. The zero-order valence-electron chi connectivity index (χ0n) is 14.2. The number of pyridine rings is 1. The molecule has 24 heavy (non-hydrogen) atoms. The molecular formula is C19H20N4O. The molecule has 0 unspecified atom stereocenters. The van der Waals surface area contributed by atoms with Crippen molar-refractivity contribution in [2.24, 2.45) is 0 Å². The maximum Gasteiger partial charge on any atom is 0.261 e. The third kappa shape index (κ3) is 2.32. The lowest BCUT2D eigenvalue weighted by molar-refractivity contribution is 0.151. The molecule has 0 amide bonds. The van der Waals surface area contributed by atoms with Crippen LogP contribution in [0.2, 0.25) is 0 Å². The van der Waals surface area contributed by atoms with E-state index in [0.717, 1.165) is 29.1 Å². The fraction of sp³-hybridized carbons (Fsp3) is 0.316. The minimum absolute atomic E-state index is 0.0423. The summed E-state index contributed by atoms with van der Waals surface area (Å²) in [7, 11) is 2.06. The largest absolute Gasteiger partial charge is 0.297 e. The summed E-state index contributed by atoms with van der Waals surface area (Å²) in [6.07, 6.45) is 1.77. The van der Waals surface area contributed by atoms with Crippen molar-refractivity contribution in [1.29, 1.82) is 0 Å². The molecule has 5 heteroatoms. The molecule has 0 aliphatic carbocycles. The predicted octanol–water partition coefficient (Wildman–Crippen LogP) is 2.64. The van der Waals surface area contributed by atoms with E-state index < -0.39 is 0 Å². The van der Waals surface area contributed by atoms with Gasteiger partial charge in [0.1, 0.15) is 5.82 Å². The lowest BCUT2D eigenvalue weighted by Crippen LogP contribution is -2.51. The monoisotopic (exact) mass is 320 g/mol. The van der Waals surface area contributed by atoms with Crippen LogP contribution in [0.4, 0.5) is 0 Å². The molecule has 1 aromatic carbocycles. The highest BCUT2D eigenvalue weighted by Gasteiger charge is 2.32. The van der Waals surface area contributed by atoms with Gasteiger partial charge in [-0.05, 0) is 45.2 Å². The fourth-order valence-corrected chi connectivity index (χ4v) is 3.68. The summed E-state index contributed by atoms with van der Waals surface area (Å²) in [5, 5.41) is 0.663. The highest BCUT2D eigenvalue weighted by Crippen LogP contribution is 2.26. The van der Waals surface area contributed by atoms with E-state index >= 15 is 0 Å². The Kier molecular flexibility index (Phi) is 3.28. The molecule has 0 saturated heterocycles. The normalized spacial score (nSPS) is 17.0. The Morgan fingerprint density at radius 2 is 2.00 bits per heavy atom. The second-order valence-electron chi connectivity index (χ2n) is 7.10. The molecule has 3 aromatic rings. The smallest absolute Gasteiger partial charge is 0.261 e. The highest BCUT2D eigenvalue weighted by atomic mass is 16.1. The van der Waals surface area contributed by atoms with Crippen molar-refractivity contribution in [2.75, 3.05) is 13.6 Å². The number of aromatic nitrogens is 3. The Labute approximate surface area is 140 Å². The average Bonchev–Trinajstić information content (AvgIpc) is 2.53. The van der Waals surface area contributed by atoms with Crippen LogP contribution < -0.4 is 5.56 Å². The fourth-order valence-electron chi connectivity index (χ4n) is 3.68. The molecule has 0 bridgehead atoms. The molecule has 5 nitrogen and oxygen atoms in total. The summed E-state index contributed by atoms with van der Waals surface area (Å²) >= 11 is 0. The first-order valence-corrected chi connectivity index (χ1v) is 8.12. The van der Waals surface area contributed by atoms with Gasteiger partial charge in [-0.15, -0.1) is 0 Å². The second kappa shape index (κ2) is 5.24. The van der Waals surface area contributed by atoms with Gasteiger partial charge in [-0.3, -0.25) is 19.2 Å². The first kappa shape index (κ1) is 15.0. The van der Waals surface area contributed by atoms with E-state index in [0.29, 0.717) is 11.9 Å². The van der Waals surface area contributed by atoms with Crippen molar-refractivity contribution in [3.63, 3.8) is 0 Å². The van der Waals surface area contributed by atoms with E-state index in [2.05, 4.69) is 30.8 Å². The molecule has 122 valence electrons. The second-order valence-corrected chi connectivity index (χ2v) is 7.10. The minimum atomic E-state index is -0.264. The van der Waals surface area contributed by atoms with Crippen LogP contribution in [0.15, 0.2) is 47.4 Å². The number of rotatable bonds is 1. The van der Waals surface area contributed by atoms with Crippen LogP contribution >= 0.6 is 0 Å². The summed E-state index contributed by atoms with van der Waals surface area (Å²) in [6, 6.07) is 11.6. The van der Waals surface area contributed by atoms with Crippen LogP contribution in [-0.4, -0.2) is 33.0 Å². The van der Waals surface area contributed by atoms with Gasteiger partial charge >= 0.3 is 0 Å². The molecule has 0 N–H and O–H groups in total. The van der Waals surface area contributed by atoms with Gasteiger partial charge in [0.15, 0.2) is 0 Å². The SMILES string of the molecule is CN1Cc2nc3cc(-c4ccccn4)ccc3c(=O)n2C(C)(C)C1. The molecule has 3 heterocycles. The maximum atomic E-state index is 13.0. The average molecular weight is 320 g/mol. The number of hydrogen-bond donors (Lipinski definition) is 0. The lowest BCUT2D eigenvalue weighted by atomic mass is 10.0. The van der Waals surface area contributed by atoms with E-state index in [1.807, 2.05) is 41.0 Å². The zero-order valence-corrected chi connectivity index (χ0v) is 14.2. The van der Waals surface area contributed by atoms with Gasteiger partial charge < -0.3 is 0 Å². The first-order chi connectivity index (χ1) is 11.5. The van der Waals surface area contributed by atoms with Crippen molar-refractivity contribution in [1.82, 2.24) is 19.4 Å². The van der Waals surface area contributed by atoms with Crippen molar-refractivity contribution >= 4 is 10.9 Å². The van der Waals surface area contributed by atoms with Crippen LogP contribution in [0, 0.1) is 0 Å². The van der Waals surface area contributed by atoms with Crippen molar-refractivity contribution in [3.05, 3.63) is 58.8 Å². The van der Waals surface area contributed by atoms with Gasteiger partial charge in [-0.1, -0.05) is 12.1 Å². The van der Waals surface area contributed by atoms with E-state index in [-0.39, 0.29) is 11.1 Å². The Balaban J connectivity index is 1.96. The van der Waals surface area contributed by atoms with Gasteiger partial charge in [-0.25, -0.2) is 4.98 Å². The molecule has 0 fully saturated rings. The maximum absolute atomic E-state index is 13.0. The molecule has 1 aliphatic heterocycles. The molecular weight excluding hydrogens is 300 g/mol. The quantitative estimate of drug-likeness (QED) is 0.692. The summed E-state index contributed by atoms with van der Waals surface area (Å²) in [6.45, 7) is 5.69. The van der Waals surface area contributed by atoms with E-state index in [1.165, 1.54) is 0 Å². The Hall–Kier alpha value is -2.53. The number of fused-ring (bicyclic) bond motifs is 2. The molecule has 4 rings (SSSR count). The standard InChI is InChI=1S/C19H20N4O/c1-19(2)12-22(3)11-17-21-16-10-13(15-6-4-5-9-20-15)7-8-14(16)18(24)23(17)19/h4-10H,11-12H2,1-3H3. The van der Waals surface area contributed by atoms with Gasteiger partial charge in [0.2, 0.25) is 0 Å². The molecule has 0 radical (unpaired) electrons. The molecule has 1 aliphatic rings. The van der Waals surface area contributed by atoms with Crippen LogP contribution in [0.1, 0.15) is 19.7 Å². The molecule has 0 atom stereocenters. The van der Waals surface area contributed by atoms with Crippen molar-refractivity contribution in [3.8, 4) is 11.3 Å². The number of nitrogens with zero attached hydrogens (tertiary/aromatic N) is 4. The number of hydrogen-bond acceptors (Lipinski definition) is 4. The first-order valence-electron chi connectivity index (χ1n) is 8.12.